The molecule has 0 bridgehead atoms. The van der Waals surface area contributed by atoms with Crippen LogP contribution in [0.25, 0.3) is 0 Å². The minimum atomic E-state index is -0.916. The molecule has 9 heteroatoms. The molecule has 1 fully saturated rings. The number of aliphatic hydroxyl groups is 2. The third-order valence-corrected chi connectivity index (χ3v) is 4.77. The highest BCUT2D eigenvalue weighted by atomic mass is 32.2. The lowest BCUT2D eigenvalue weighted by Gasteiger charge is -2.23. The van der Waals surface area contributed by atoms with E-state index in [-0.39, 0.29) is 13.2 Å². The number of hydrogen-bond donors (Lipinski definition) is 3. The number of thioether (sulfide) groups is 1. The Hall–Kier alpha value is -1.13. The smallest absolute Gasteiger partial charge is 0.329 e. The fourth-order valence-corrected chi connectivity index (χ4v) is 3.62. The van der Waals surface area contributed by atoms with Crippen molar-refractivity contribution in [1.29, 1.82) is 0 Å². The first-order valence-electron chi connectivity index (χ1n) is 6.45. The van der Waals surface area contributed by atoms with E-state index in [1.54, 1.807) is 0 Å². The summed E-state index contributed by atoms with van der Waals surface area (Å²) < 4.78 is 11.8. The van der Waals surface area contributed by atoms with E-state index in [4.69, 9.17) is 9.47 Å². The summed E-state index contributed by atoms with van der Waals surface area (Å²) in [7, 11) is 1.53. The lowest BCUT2D eigenvalue weighted by molar-refractivity contribution is -0.0565. The molecule has 21 heavy (non-hydrogen) atoms. The topological polar surface area (TPSA) is 114 Å². The molecule has 3 N–H and O–H groups in total. The second kappa shape index (κ2) is 7.23. The van der Waals surface area contributed by atoms with Crippen LogP contribution >= 0.6 is 11.8 Å². The number of rotatable bonds is 6. The van der Waals surface area contributed by atoms with E-state index in [1.165, 1.54) is 35.7 Å². The van der Waals surface area contributed by atoms with Crippen molar-refractivity contribution in [2.45, 2.75) is 22.8 Å². The molecular weight excluding hydrogens is 300 g/mol. The summed E-state index contributed by atoms with van der Waals surface area (Å²) in [5, 5.41) is 18.5. The number of hydrogen-bond acceptors (Lipinski definition) is 7. The molecule has 2 rings (SSSR count). The van der Waals surface area contributed by atoms with Crippen LogP contribution < -0.4 is 11.2 Å². The van der Waals surface area contributed by atoms with Crippen LogP contribution in [0, 0.1) is 0 Å². The predicted octanol–water partition coefficient (Wildman–Crippen LogP) is -1.46. The van der Waals surface area contributed by atoms with Crippen molar-refractivity contribution >= 4 is 11.8 Å². The van der Waals surface area contributed by atoms with Crippen LogP contribution in [0.5, 0.6) is 0 Å². The number of ether oxygens (including phenoxy) is 2. The van der Waals surface area contributed by atoms with Gasteiger partial charge in [-0.2, -0.15) is 0 Å². The quantitative estimate of drug-likeness (QED) is 0.549. The minimum absolute atomic E-state index is 0.232. The van der Waals surface area contributed by atoms with E-state index < -0.39 is 34.1 Å². The van der Waals surface area contributed by atoms with Gasteiger partial charge in [-0.25, -0.2) is 4.79 Å². The van der Waals surface area contributed by atoms with E-state index in [2.05, 4.69) is 4.98 Å². The minimum Gasteiger partial charge on any atom is -0.395 e. The zero-order valence-electron chi connectivity index (χ0n) is 11.5. The zero-order valence-corrected chi connectivity index (χ0v) is 12.3. The molecule has 118 valence electrons. The van der Waals surface area contributed by atoms with Crippen molar-refractivity contribution in [2.75, 3.05) is 26.9 Å². The van der Waals surface area contributed by atoms with Crippen molar-refractivity contribution in [3.63, 3.8) is 0 Å². The van der Waals surface area contributed by atoms with E-state index in [1.807, 2.05) is 0 Å². The van der Waals surface area contributed by atoms with Gasteiger partial charge in [0.15, 0.2) is 0 Å². The van der Waals surface area contributed by atoms with Crippen LogP contribution in [-0.2, 0) is 9.47 Å². The average Bonchev–Trinajstić information content (AvgIpc) is 2.76. The Balaban J connectivity index is 2.25. The Morgan fingerprint density at radius 2 is 2.19 bits per heavy atom. The van der Waals surface area contributed by atoms with Gasteiger partial charge in [-0.05, 0) is 0 Å². The highest BCUT2D eigenvalue weighted by Crippen LogP contribution is 2.42. The standard InChI is InChI=1S/C12H18N2O6S/c1-19-4-5-20-10-9(17)7(6-15)21-11(10)14-3-2-8(16)13-12(14)18/h2-3,7,9-11,15,17H,4-6H2,1H3,(H,13,16,18)/t7-,9?,10?,11-/m1/s1. The molecule has 0 spiro atoms. The van der Waals surface area contributed by atoms with Gasteiger partial charge in [-0.15, -0.1) is 11.8 Å². The predicted molar refractivity (Wildman–Crippen MR) is 76.4 cm³/mol. The summed E-state index contributed by atoms with van der Waals surface area (Å²) in [6, 6.07) is 1.23. The molecule has 2 unspecified atom stereocenters. The average molecular weight is 318 g/mol. The lowest BCUT2D eigenvalue weighted by atomic mass is 10.1. The van der Waals surface area contributed by atoms with E-state index in [0.717, 1.165) is 0 Å². The van der Waals surface area contributed by atoms with Crippen LogP contribution in [0.1, 0.15) is 5.37 Å². The maximum atomic E-state index is 11.9. The highest BCUT2D eigenvalue weighted by Gasteiger charge is 2.45. The summed E-state index contributed by atoms with van der Waals surface area (Å²) in [4.78, 5) is 25.2. The molecule has 0 saturated carbocycles. The van der Waals surface area contributed by atoms with Crippen LogP contribution in [0.2, 0.25) is 0 Å². The SMILES string of the molecule is COCCOC1C(O)[C@@H](CO)S[C@H]1n1ccc(=O)[nH]c1=O. The number of aliphatic hydroxyl groups excluding tert-OH is 2. The van der Waals surface area contributed by atoms with Crippen molar-refractivity contribution in [1.82, 2.24) is 9.55 Å². The normalized spacial score (nSPS) is 28.9. The number of nitrogens with zero attached hydrogens (tertiary/aromatic N) is 1. The lowest BCUT2D eigenvalue weighted by Crippen LogP contribution is -2.39. The Morgan fingerprint density at radius 3 is 2.81 bits per heavy atom. The molecular formula is C12H18N2O6S. The number of aromatic amines is 1. The fraction of sp³-hybridized carbons (Fsp3) is 0.667. The van der Waals surface area contributed by atoms with Gasteiger partial charge in [0.25, 0.3) is 5.56 Å². The van der Waals surface area contributed by atoms with Crippen LogP contribution in [0.15, 0.2) is 21.9 Å². The van der Waals surface area contributed by atoms with Gasteiger partial charge in [-0.3, -0.25) is 14.3 Å². The summed E-state index contributed by atoms with van der Waals surface area (Å²) in [5.74, 6) is 0. The van der Waals surface area contributed by atoms with Gasteiger partial charge >= 0.3 is 5.69 Å². The van der Waals surface area contributed by atoms with Crippen molar-refractivity contribution in [3.8, 4) is 0 Å². The first kappa shape index (κ1) is 16.2. The maximum absolute atomic E-state index is 11.9. The first-order chi connectivity index (χ1) is 10.1. The Labute approximate surface area is 124 Å². The number of aromatic nitrogens is 2. The first-order valence-corrected chi connectivity index (χ1v) is 7.39. The number of nitrogens with one attached hydrogen (secondary N) is 1. The van der Waals surface area contributed by atoms with Crippen LogP contribution in [0.4, 0.5) is 0 Å². The van der Waals surface area contributed by atoms with Crippen molar-refractivity contribution < 1.29 is 19.7 Å². The summed E-state index contributed by atoms with van der Waals surface area (Å²) in [5.41, 5.74) is -1.07. The van der Waals surface area contributed by atoms with Crippen LogP contribution in [0.3, 0.4) is 0 Å². The monoisotopic (exact) mass is 318 g/mol. The molecule has 1 saturated heterocycles. The molecule has 1 aliphatic rings. The molecule has 0 radical (unpaired) electrons. The molecule has 0 amide bonds. The number of H-pyrrole nitrogens is 1. The van der Waals surface area contributed by atoms with Crippen molar-refractivity contribution in [2.24, 2.45) is 0 Å². The molecule has 2 heterocycles. The zero-order chi connectivity index (χ0) is 15.4. The second-order valence-corrected chi connectivity index (χ2v) is 5.94. The maximum Gasteiger partial charge on any atom is 0.329 e. The van der Waals surface area contributed by atoms with E-state index >= 15 is 0 Å². The third-order valence-electron chi connectivity index (χ3n) is 3.22. The molecule has 0 aromatic carbocycles. The number of methoxy groups -OCH3 is 1. The molecule has 1 aromatic heterocycles. The van der Waals surface area contributed by atoms with E-state index in [0.29, 0.717) is 6.61 Å². The Kier molecular flexibility index (Phi) is 5.59. The second-order valence-electron chi connectivity index (χ2n) is 4.58. The molecule has 4 atom stereocenters. The molecule has 1 aliphatic heterocycles. The summed E-state index contributed by atoms with van der Waals surface area (Å²) in [6.45, 7) is 0.376. The van der Waals surface area contributed by atoms with Crippen LogP contribution in [-0.4, -0.2) is 64.2 Å². The Morgan fingerprint density at radius 1 is 1.43 bits per heavy atom. The summed E-state index contributed by atoms with van der Waals surface area (Å²) in [6.07, 6.45) is -0.232. The molecule has 8 nitrogen and oxygen atoms in total. The van der Waals surface area contributed by atoms with Gasteiger partial charge in [0.05, 0.1) is 31.2 Å². The molecule has 0 aliphatic carbocycles. The third kappa shape index (κ3) is 3.55. The van der Waals surface area contributed by atoms with E-state index in [9.17, 15) is 19.8 Å². The van der Waals surface area contributed by atoms with Gasteiger partial charge in [0.2, 0.25) is 0 Å². The molecule has 1 aromatic rings. The van der Waals surface area contributed by atoms with Gasteiger partial charge < -0.3 is 19.7 Å². The van der Waals surface area contributed by atoms with Gasteiger partial charge in [0.1, 0.15) is 11.5 Å². The highest BCUT2D eigenvalue weighted by molar-refractivity contribution is 8.00. The van der Waals surface area contributed by atoms with Gasteiger partial charge in [0, 0.05) is 19.4 Å². The van der Waals surface area contributed by atoms with Crippen molar-refractivity contribution in [3.05, 3.63) is 33.1 Å². The summed E-state index contributed by atoms with van der Waals surface area (Å²) >= 11 is 1.23. The largest absolute Gasteiger partial charge is 0.395 e. The fourth-order valence-electron chi connectivity index (χ4n) is 2.17. The Bertz CT molecular complexity index is 573. The van der Waals surface area contributed by atoms with Gasteiger partial charge in [-0.1, -0.05) is 0 Å².